The van der Waals surface area contributed by atoms with E-state index < -0.39 is 5.97 Å². The van der Waals surface area contributed by atoms with Crippen LogP contribution in [0.4, 0.5) is 0 Å². The first-order valence-corrected chi connectivity index (χ1v) is 3.85. The lowest BCUT2D eigenvalue weighted by Crippen LogP contribution is -1.94. The van der Waals surface area contributed by atoms with Gasteiger partial charge in [-0.2, -0.15) is 0 Å². The minimum absolute atomic E-state index is 0.0132. The molecule has 3 heteroatoms. The predicted molar refractivity (Wildman–Crippen MR) is 49.5 cm³/mol. The van der Waals surface area contributed by atoms with Crippen LogP contribution in [0.2, 0.25) is 0 Å². The summed E-state index contributed by atoms with van der Waals surface area (Å²) in [6, 6.07) is 6.43. The van der Waals surface area contributed by atoms with E-state index in [-0.39, 0.29) is 12.2 Å². The summed E-state index contributed by atoms with van der Waals surface area (Å²) in [7, 11) is 0. The van der Waals surface area contributed by atoms with Crippen LogP contribution in [0.25, 0.3) is 6.08 Å². The molecule has 68 valence electrons. The van der Waals surface area contributed by atoms with Gasteiger partial charge in [0.05, 0.1) is 12.2 Å². The molecule has 0 saturated carbocycles. The maximum Gasteiger partial charge on any atom is 0.335 e. The number of hydrogen-bond acceptors (Lipinski definition) is 2. The molecule has 0 heterocycles. The molecule has 0 atom stereocenters. The third-order valence-corrected chi connectivity index (χ3v) is 1.57. The molecule has 0 aliphatic heterocycles. The van der Waals surface area contributed by atoms with Gasteiger partial charge in [0.2, 0.25) is 0 Å². The molecule has 0 aromatic heterocycles. The summed E-state index contributed by atoms with van der Waals surface area (Å²) < 4.78 is 0. The van der Waals surface area contributed by atoms with Crippen LogP contribution in [-0.2, 0) is 0 Å². The van der Waals surface area contributed by atoms with Gasteiger partial charge in [-0.1, -0.05) is 24.3 Å². The largest absolute Gasteiger partial charge is 0.478 e. The smallest absolute Gasteiger partial charge is 0.335 e. The van der Waals surface area contributed by atoms with E-state index in [1.165, 1.54) is 12.1 Å². The second-order valence-electron chi connectivity index (χ2n) is 2.51. The van der Waals surface area contributed by atoms with Gasteiger partial charge in [-0.15, -0.1) is 0 Å². The molecule has 0 radical (unpaired) electrons. The monoisotopic (exact) mass is 178 g/mol. The van der Waals surface area contributed by atoms with Crippen molar-refractivity contribution in [2.45, 2.75) is 0 Å². The van der Waals surface area contributed by atoms with Crippen molar-refractivity contribution in [1.82, 2.24) is 0 Å². The minimum atomic E-state index is -0.933. The topological polar surface area (TPSA) is 57.5 Å². The van der Waals surface area contributed by atoms with E-state index in [4.69, 9.17) is 10.2 Å². The molecule has 0 aliphatic carbocycles. The first-order valence-electron chi connectivity index (χ1n) is 3.85. The number of carboxylic acids is 1. The number of carbonyl (C=O) groups is 1. The van der Waals surface area contributed by atoms with Crippen LogP contribution in [0.15, 0.2) is 30.3 Å². The second kappa shape index (κ2) is 4.42. The van der Waals surface area contributed by atoms with Crippen LogP contribution in [0.3, 0.4) is 0 Å². The SMILES string of the molecule is O=C(O)c1ccc(C=CCO)cc1. The standard InChI is InChI=1S/C10H10O3/c11-7-1-2-8-3-5-9(6-4-8)10(12)13/h1-6,11H,7H2,(H,12,13). The highest BCUT2D eigenvalue weighted by Gasteiger charge is 1.99. The van der Waals surface area contributed by atoms with E-state index in [9.17, 15) is 4.79 Å². The average Bonchev–Trinajstić information content (AvgIpc) is 2.15. The minimum Gasteiger partial charge on any atom is -0.478 e. The van der Waals surface area contributed by atoms with Crippen molar-refractivity contribution in [2.75, 3.05) is 6.61 Å². The van der Waals surface area contributed by atoms with Gasteiger partial charge in [-0.25, -0.2) is 4.79 Å². The molecule has 1 aromatic carbocycles. The van der Waals surface area contributed by atoms with Crippen LogP contribution in [0.1, 0.15) is 15.9 Å². The van der Waals surface area contributed by atoms with Crippen LogP contribution in [0, 0.1) is 0 Å². The van der Waals surface area contributed by atoms with E-state index in [0.717, 1.165) is 5.56 Å². The molecular formula is C10H10O3. The summed E-state index contributed by atoms with van der Waals surface area (Å²) in [5.74, 6) is -0.933. The Morgan fingerprint density at radius 2 is 1.92 bits per heavy atom. The zero-order valence-corrected chi connectivity index (χ0v) is 6.97. The molecule has 0 fully saturated rings. The Kier molecular flexibility index (Phi) is 3.23. The highest BCUT2D eigenvalue weighted by atomic mass is 16.4. The van der Waals surface area contributed by atoms with Crippen molar-refractivity contribution in [3.8, 4) is 0 Å². The van der Waals surface area contributed by atoms with Crippen molar-refractivity contribution < 1.29 is 15.0 Å². The highest BCUT2D eigenvalue weighted by molar-refractivity contribution is 5.87. The normalized spacial score (nSPS) is 10.5. The van der Waals surface area contributed by atoms with Crippen LogP contribution < -0.4 is 0 Å². The molecule has 2 N–H and O–H groups in total. The fourth-order valence-electron chi connectivity index (χ4n) is 0.926. The fourth-order valence-corrected chi connectivity index (χ4v) is 0.926. The first kappa shape index (κ1) is 9.48. The summed E-state index contributed by atoms with van der Waals surface area (Å²) in [6.07, 6.45) is 3.32. The van der Waals surface area contributed by atoms with E-state index in [2.05, 4.69) is 0 Å². The summed E-state index contributed by atoms with van der Waals surface area (Å²) in [4.78, 5) is 10.5. The number of benzene rings is 1. The number of hydrogen-bond donors (Lipinski definition) is 2. The lowest BCUT2D eigenvalue weighted by Gasteiger charge is -1.94. The quantitative estimate of drug-likeness (QED) is 0.735. The molecular weight excluding hydrogens is 168 g/mol. The lowest BCUT2D eigenvalue weighted by molar-refractivity contribution is 0.0697. The van der Waals surface area contributed by atoms with Crippen molar-refractivity contribution in [1.29, 1.82) is 0 Å². The summed E-state index contributed by atoms with van der Waals surface area (Å²) in [5, 5.41) is 17.1. The van der Waals surface area contributed by atoms with Gasteiger partial charge in [0.1, 0.15) is 0 Å². The maximum atomic E-state index is 10.5. The van der Waals surface area contributed by atoms with Crippen molar-refractivity contribution >= 4 is 12.0 Å². The first-order chi connectivity index (χ1) is 6.24. The molecule has 13 heavy (non-hydrogen) atoms. The zero-order chi connectivity index (χ0) is 9.68. The highest BCUT2D eigenvalue weighted by Crippen LogP contribution is 2.05. The van der Waals surface area contributed by atoms with E-state index >= 15 is 0 Å². The number of rotatable bonds is 3. The number of carboxylic acid groups (broad SMARTS) is 1. The molecule has 1 rings (SSSR count). The predicted octanol–water partition coefficient (Wildman–Crippen LogP) is 1.39. The third-order valence-electron chi connectivity index (χ3n) is 1.57. The number of aromatic carboxylic acids is 1. The molecule has 0 saturated heterocycles. The van der Waals surface area contributed by atoms with E-state index in [1.807, 2.05) is 0 Å². The number of aliphatic hydroxyl groups is 1. The zero-order valence-electron chi connectivity index (χ0n) is 6.97. The van der Waals surface area contributed by atoms with E-state index in [0.29, 0.717) is 0 Å². The Morgan fingerprint density at radius 1 is 1.31 bits per heavy atom. The Balaban J connectivity index is 2.81. The maximum absolute atomic E-state index is 10.5. The Hall–Kier alpha value is -1.61. The van der Waals surface area contributed by atoms with Gasteiger partial charge in [-0.05, 0) is 17.7 Å². The van der Waals surface area contributed by atoms with Gasteiger partial charge in [-0.3, -0.25) is 0 Å². The third kappa shape index (κ3) is 2.72. The summed E-state index contributed by atoms with van der Waals surface area (Å²) in [6.45, 7) is -0.0132. The van der Waals surface area contributed by atoms with Gasteiger partial charge >= 0.3 is 5.97 Å². The number of aliphatic hydroxyl groups excluding tert-OH is 1. The van der Waals surface area contributed by atoms with Crippen LogP contribution >= 0.6 is 0 Å². The molecule has 3 nitrogen and oxygen atoms in total. The Bertz CT molecular complexity index is 311. The summed E-state index contributed by atoms with van der Waals surface area (Å²) in [5.41, 5.74) is 1.14. The molecule has 0 amide bonds. The van der Waals surface area contributed by atoms with Gasteiger partial charge < -0.3 is 10.2 Å². The van der Waals surface area contributed by atoms with Gasteiger partial charge in [0.15, 0.2) is 0 Å². The molecule has 0 aliphatic rings. The molecule has 0 unspecified atom stereocenters. The molecule has 0 spiro atoms. The Morgan fingerprint density at radius 3 is 2.38 bits per heavy atom. The Labute approximate surface area is 76.0 Å². The van der Waals surface area contributed by atoms with Gasteiger partial charge in [0, 0.05) is 0 Å². The van der Waals surface area contributed by atoms with Gasteiger partial charge in [0.25, 0.3) is 0 Å². The molecule has 0 bridgehead atoms. The van der Waals surface area contributed by atoms with Crippen LogP contribution in [0.5, 0.6) is 0 Å². The van der Waals surface area contributed by atoms with Crippen molar-refractivity contribution in [3.63, 3.8) is 0 Å². The van der Waals surface area contributed by atoms with Crippen LogP contribution in [-0.4, -0.2) is 22.8 Å². The van der Waals surface area contributed by atoms with E-state index in [1.54, 1.807) is 24.3 Å². The second-order valence-corrected chi connectivity index (χ2v) is 2.51. The summed E-state index contributed by atoms with van der Waals surface area (Å²) >= 11 is 0. The van der Waals surface area contributed by atoms with Crippen molar-refractivity contribution in [2.24, 2.45) is 0 Å². The average molecular weight is 178 g/mol. The lowest BCUT2D eigenvalue weighted by atomic mass is 10.1. The fraction of sp³-hybridized carbons (Fsp3) is 0.100. The van der Waals surface area contributed by atoms with Crippen molar-refractivity contribution in [3.05, 3.63) is 41.5 Å². The molecule has 1 aromatic rings.